The molecule has 5 nitrogen and oxygen atoms in total. The number of ketones is 2. The lowest BCUT2D eigenvalue weighted by Crippen LogP contribution is -2.31. The van der Waals surface area contributed by atoms with Crippen molar-refractivity contribution in [3.05, 3.63) is 30.3 Å². The summed E-state index contributed by atoms with van der Waals surface area (Å²) in [6.07, 6.45) is 0. The van der Waals surface area contributed by atoms with Gasteiger partial charge in [0.1, 0.15) is 5.78 Å². The molecule has 2 rings (SSSR count). The number of carbonyl (C=O) groups is 4. The number of hydrogen-bond donors (Lipinski definition) is 0. The first-order valence-corrected chi connectivity index (χ1v) is 5.01. The van der Waals surface area contributed by atoms with E-state index in [0.717, 1.165) is 11.8 Å². The monoisotopic (exact) mass is 231 g/mol. The van der Waals surface area contributed by atoms with Gasteiger partial charge in [0.2, 0.25) is 5.78 Å². The maximum atomic E-state index is 11.8. The van der Waals surface area contributed by atoms with Crippen molar-refractivity contribution in [2.24, 2.45) is 5.92 Å². The highest BCUT2D eigenvalue weighted by Gasteiger charge is 2.49. The third-order valence-corrected chi connectivity index (χ3v) is 2.56. The van der Waals surface area contributed by atoms with Crippen LogP contribution in [0.5, 0.6) is 0 Å². The number of benzene rings is 1. The van der Waals surface area contributed by atoms with Crippen LogP contribution in [0, 0.1) is 5.92 Å². The standard InChI is InChI=1S/C12H9NO4/c1-7(14)9-10(15)12(17)13(11(9)16)8-5-3-2-4-6-8/h2-6,9H,1H3/t9-/m0/s1. The number of anilines is 1. The lowest BCUT2D eigenvalue weighted by atomic mass is 10.0. The smallest absolute Gasteiger partial charge is 0.299 e. The molecule has 86 valence electrons. The van der Waals surface area contributed by atoms with E-state index in [4.69, 9.17) is 0 Å². The largest absolute Gasteiger partial charge is 0.302 e. The summed E-state index contributed by atoms with van der Waals surface area (Å²) in [7, 11) is 0. The Morgan fingerprint density at radius 2 is 1.71 bits per heavy atom. The predicted molar refractivity (Wildman–Crippen MR) is 58.1 cm³/mol. The Morgan fingerprint density at radius 1 is 1.12 bits per heavy atom. The van der Waals surface area contributed by atoms with Crippen molar-refractivity contribution in [3.8, 4) is 0 Å². The summed E-state index contributed by atoms with van der Waals surface area (Å²) in [4.78, 5) is 46.9. The number of imide groups is 1. The van der Waals surface area contributed by atoms with E-state index in [1.54, 1.807) is 18.2 Å². The van der Waals surface area contributed by atoms with Crippen LogP contribution in [0.2, 0.25) is 0 Å². The average Bonchev–Trinajstić information content (AvgIpc) is 2.51. The highest BCUT2D eigenvalue weighted by atomic mass is 16.2. The molecule has 1 aliphatic rings. The van der Waals surface area contributed by atoms with Gasteiger partial charge < -0.3 is 0 Å². The molecule has 0 spiro atoms. The number of Topliss-reactive ketones (excluding diaryl/α,β-unsaturated/α-hetero) is 2. The Hall–Kier alpha value is -2.30. The summed E-state index contributed by atoms with van der Waals surface area (Å²) < 4.78 is 0. The molecule has 1 aromatic carbocycles. The second kappa shape index (κ2) is 3.93. The van der Waals surface area contributed by atoms with Gasteiger partial charge in [0.05, 0.1) is 5.69 Å². The first-order valence-electron chi connectivity index (χ1n) is 5.01. The number of para-hydroxylation sites is 1. The fraction of sp³-hybridized carbons (Fsp3) is 0.167. The lowest BCUT2D eigenvalue weighted by Gasteiger charge is -2.12. The molecule has 0 N–H and O–H groups in total. The van der Waals surface area contributed by atoms with E-state index >= 15 is 0 Å². The van der Waals surface area contributed by atoms with Crippen molar-refractivity contribution in [2.75, 3.05) is 4.90 Å². The Balaban J connectivity index is 2.45. The Labute approximate surface area is 97.0 Å². The Morgan fingerprint density at radius 3 is 2.18 bits per heavy atom. The fourth-order valence-corrected chi connectivity index (χ4v) is 1.76. The second-order valence-electron chi connectivity index (χ2n) is 3.72. The Bertz CT molecular complexity index is 521. The van der Waals surface area contributed by atoms with Gasteiger partial charge in [-0.1, -0.05) is 18.2 Å². The molecule has 1 atom stereocenters. The molecule has 0 aliphatic carbocycles. The minimum absolute atomic E-state index is 0.305. The van der Waals surface area contributed by atoms with Crippen molar-refractivity contribution < 1.29 is 19.2 Å². The maximum absolute atomic E-state index is 11.8. The summed E-state index contributed by atoms with van der Waals surface area (Å²) in [6, 6.07) is 8.07. The van der Waals surface area contributed by atoms with Gasteiger partial charge in [0.15, 0.2) is 5.92 Å². The molecule has 1 heterocycles. The van der Waals surface area contributed by atoms with Crippen molar-refractivity contribution in [1.82, 2.24) is 0 Å². The average molecular weight is 231 g/mol. The van der Waals surface area contributed by atoms with Crippen LogP contribution < -0.4 is 4.90 Å². The second-order valence-corrected chi connectivity index (χ2v) is 3.72. The normalized spacial score (nSPS) is 19.9. The number of amides is 2. The summed E-state index contributed by atoms with van der Waals surface area (Å²) >= 11 is 0. The minimum Gasteiger partial charge on any atom is -0.299 e. The van der Waals surface area contributed by atoms with Crippen molar-refractivity contribution in [1.29, 1.82) is 0 Å². The van der Waals surface area contributed by atoms with Gasteiger partial charge >= 0.3 is 5.91 Å². The molecule has 0 radical (unpaired) electrons. The van der Waals surface area contributed by atoms with Crippen LogP contribution in [0.25, 0.3) is 0 Å². The van der Waals surface area contributed by atoms with E-state index in [1.165, 1.54) is 12.1 Å². The molecule has 1 saturated heterocycles. The molecule has 1 aromatic rings. The highest BCUT2D eigenvalue weighted by Crippen LogP contribution is 2.24. The van der Waals surface area contributed by atoms with Crippen LogP contribution in [0.4, 0.5) is 5.69 Å². The Kier molecular flexibility index (Phi) is 2.59. The van der Waals surface area contributed by atoms with Gasteiger partial charge in [-0.3, -0.25) is 19.2 Å². The van der Waals surface area contributed by atoms with Crippen LogP contribution in [-0.4, -0.2) is 23.4 Å². The zero-order valence-corrected chi connectivity index (χ0v) is 9.04. The van der Waals surface area contributed by atoms with Crippen molar-refractivity contribution >= 4 is 29.1 Å². The number of hydrogen-bond acceptors (Lipinski definition) is 4. The molecule has 1 aliphatic heterocycles. The molecular formula is C12H9NO4. The molecule has 2 amide bonds. The van der Waals surface area contributed by atoms with E-state index in [-0.39, 0.29) is 0 Å². The summed E-state index contributed by atoms with van der Waals surface area (Å²) in [6.45, 7) is 1.13. The van der Waals surface area contributed by atoms with Gasteiger partial charge in [0.25, 0.3) is 5.91 Å². The topological polar surface area (TPSA) is 71.5 Å². The third-order valence-electron chi connectivity index (χ3n) is 2.56. The van der Waals surface area contributed by atoms with Crippen molar-refractivity contribution in [2.45, 2.75) is 6.92 Å². The van der Waals surface area contributed by atoms with E-state index in [2.05, 4.69) is 0 Å². The fourth-order valence-electron chi connectivity index (χ4n) is 1.76. The highest BCUT2D eigenvalue weighted by molar-refractivity contribution is 6.59. The summed E-state index contributed by atoms with van der Waals surface area (Å²) in [5.74, 6) is -4.74. The molecule has 0 unspecified atom stereocenters. The molecule has 17 heavy (non-hydrogen) atoms. The minimum atomic E-state index is -1.47. The van der Waals surface area contributed by atoms with Gasteiger partial charge in [0, 0.05) is 0 Å². The quantitative estimate of drug-likeness (QED) is 0.418. The number of nitrogens with zero attached hydrogens (tertiary/aromatic N) is 1. The van der Waals surface area contributed by atoms with E-state index < -0.39 is 29.3 Å². The van der Waals surface area contributed by atoms with Crippen LogP contribution in [-0.2, 0) is 19.2 Å². The molecule has 5 heteroatoms. The SMILES string of the molecule is CC(=O)[C@H]1C(=O)C(=O)N(c2ccccc2)C1=O. The van der Waals surface area contributed by atoms with E-state index in [1.807, 2.05) is 0 Å². The van der Waals surface area contributed by atoms with Gasteiger partial charge in [-0.05, 0) is 19.1 Å². The van der Waals surface area contributed by atoms with Crippen LogP contribution in [0.15, 0.2) is 30.3 Å². The van der Waals surface area contributed by atoms with Gasteiger partial charge in [-0.2, -0.15) is 0 Å². The van der Waals surface area contributed by atoms with Crippen molar-refractivity contribution in [3.63, 3.8) is 0 Å². The summed E-state index contributed by atoms with van der Waals surface area (Å²) in [5, 5.41) is 0. The number of rotatable bonds is 2. The van der Waals surface area contributed by atoms with E-state index in [9.17, 15) is 19.2 Å². The molecule has 0 saturated carbocycles. The molecule has 0 aromatic heterocycles. The van der Waals surface area contributed by atoms with Crippen LogP contribution in [0.3, 0.4) is 0 Å². The van der Waals surface area contributed by atoms with Gasteiger partial charge in [-0.25, -0.2) is 4.90 Å². The first kappa shape index (κ1) is 11.2. The number of carbonyl (C=O) groups excluding carboxylic acids is 4. The molecular weight excluding hydrogens is 222 g/mol. The zero-order valence-electron chi connectivity index (χ0n) is 9.04. The predicted octanol–water partition coefficient (Wildman–Crippen LogP) is 0.334. The van der Waals surface area contributed by atoms with Gasteiger partial charge in [-0.15, -0.1) is 0 Å². The lowest BCUT2D eigenvalue weighted by molar-refractivity contribution is -0.139. The first-order chi connectivity index (χ1) is 8.04. The van der Waals surface area contributed by atoms with Crippen LogP contribution >= 0.6 is 0 Å². The molecule has 0 bridgehead atoms. The third kappa shape index (κ3) is 1.65. The molecule has 1 fully saturated rings. The van der Waals surface area contributed by atoms with E-state index in [0.29, 0.717) is 5.69 Å². The summed E-state index contributed by atoms with van der Waals surface area (Å²) in [5.41, 5.74) is 0.305. The van der Waals surface area contributed by atoms with Crippen LogP contribution in [0.1, 0.15) is 6.92 Å². The maximum Gasteiger partial charge on any atom is 0.302 e. The zero-order chi connectivity index (χ0) is 12.6.